The van der Waals surface area contributed by atoms with E-state index in [1.165, 1.54) is 6.07 Å². The van der Waals surface area contributed by atoms with Crippen LogP contribution in [0.1, 0.15) is 28.2 Å². The van der Waals surface area contributed by atoms with Crippen molar-refractivity contribution in [1.82, 2.24) is 15.3 Å². The summed E-state index contributed by atoms with van der Waals surface area (Å²) >= 11 is 6.08. The zero-order chi connectivity index (χ0) is 15.6. The van der Waals surface area contributed by atoms with Crippen LogP contribution in [0.5, 0.6) is 0 Å². The van der Waals surface area contributed by atoms with Gasteiger partial charge in [-0.3, -0.25) is 4.79 Å². The van der Waals surface area contributed by atoms with Crippen LogP contribution < -0.4 is 5.32 Å². The first-order valence-electron chi connectivity index (χ1n) is 6.74. The van der Waals surface area contributed by atoms with E-state index in [0.717, 1.165) is 0 Å². The fourth-order valence-corrected chi connectivity index (χ4v) is 2.69. The maximum atomic E-state index is 12.6. The number of hydrogen-bond acceptors (Lipinski definition) is 4. The summed E-state index contributed by atoms with van der Waals surface area (Å²) in [6.07, 6.45) is 3.94. The molecule has 0 spiro atoms. The van der Waals surface area contributed by atoms with Crippen molar-refractivity contribution in [1.29, 1.82) is 5.26 Å². The molecule has 1 saturated heterocycles. The standard InChI is InChI=1S/C15H13ClN4O2/c16-12-2-1-10(8-17)7-11(12)13(21)20-15(3-6-22-9-15)14-18-4-5-19-14/h1-2,4-5,7H,3,6,9H2,(H,18,19)(H,20,21). The van der Waals surface area contributed by atoms with Gasteiger partial charge in [0.1, 0.15) is 11.4 Å². The molecule has 2 aromatic rings. The summed E-state index contributed by atoms with van der Waals surface area (Å²) < 4.78 is 5.44. The van der Waals surface area contributed by atoms with Gasteiger partial charge in [-0.25, -0.2) is 4.98 Å². The largest absolute Gasteiger partial charge is 0.378 e. The average molecular weight is 317 g/mol. The number of imidazole rings is 1. The first-order chi connectivity index (χ1) is 10.6. The number of H-pyrrole nitrogens is 1. The first kappa shape index (κ1) is 14.6. The summed E-state index contributed by atoms with van der Waals surface area (Å²) in [5, 5.41) is 12.2. The summed E-state index contributed by atoms with van der Waals surface area (Å²) in [5.74, 6) is 0.287. The van der Waals surface area contributed by atoms with Crippen LogP contribution in [0.15, 0.2) is 30.6 Å². The van der Waals surface area contributed by atoms with Gasteiger partial charge in [-0.15, -0.1) is 0 Å². The molecule has 1 fully saturated rings. The van der Waals surface area contributed by atoms with Gasteiger partial charge in [-0.05, 0) is 18.2 Å². The Morgan fingerprint density at radius 3 is 3.05 bits per heavy atom. The minimum absolute atomic E-state index is 0.263. The Morgan fingerprint density at radius 1 is 1.55 bits per heavy atom. The minimum Gasteiger partial charge on any atom is -0.378 e. The van der Waals surface area contributed by atoms with Crippen LogP contribution in [-0.4, -0.2) is 29.1 Å². The molecule has 2 N–H and O–H groups in total. The fraction of sp³-hybridized carbons (Fsp3) is 0.267. The molecule has 112 valence electrons. The van der Waals surface area contributed by atoms with Gasteiger partial charge in [0.05, 0.1) is 28.8 Å². The number of aromatic amines is 1. The zero-order valence-electron chi connectivity index (χ0n) is 11.6. The number of nitriles is 1. The Labute approximate surface area is 132 Å². The summed E-state index contributed by atoms with van der Waals surface area (Å²) in [7, 11) is 0. The van der Waals surface area contributed by atoms with Gasteiger partial charge in [0, 0.05) is 25.4 Å². The highest BCUT2D eigenvalue weighted by Gasteiger charge is 2.41. The molecular weight excluding hydrogens is 304 g/mol. The second-order valence-corrected chi connectivity index (χ2v) is 5.49. The lowest BCUT2D eigenvalue weighted by atomic mass is 9.96. The number of hydrogen-bond donors (Lipinski definition) is 2. The van der Waals surface area contributed by atoms with Crippen molar-refractivity contribution in [3.8, 4) is 6.07 Å². The second-order valence-electron chi connectivity index (χ2n) is 5.08. The Kier molecular flexibility index (Phi) is 3.84. The molecule has 1 atom stereocenters. The molecular formula is C15H13ClN4O2. The van der Waals surface area contributed by atoms with E-state index in [9.17, 15) is 4.79 Å². The smallest absolute Gasteiger partial charge is 0.253 e. The van der Waals surface area contributed by atoms with Crippen molar-refractivity contribution in [2.45, 2.75) is 12.0 Å². The topological polar surface area (TPSA) is 90.8 Å². The van der Waals surface area contributed by atoms with Gasteiger partial charge in [0.15, 0.2) is 0 Å². The maximum Gasteiger partial charge on any atom is 0.253 e. The summed E-state index contributed by atoms with van der Waals surface area (Å²) in [6.45, 7) is 0.870. The number of ether oxygens (including phenoxy) is 1. The first-order valence-corrected chi connectivity index (χ1v) is 7.12. The summed E-state index contributed by atoms with van der Waals surface area (Å²) in [6, 6.07) is 6.58. The maximum absolute atomic E-state index is 12.6. The van der Waals surface area contributed by atoms with E-state index in [1.54, 1.807) is 24.5 Å². The zero-order valence-corrected chi connectivity index (χ0v) is 12.4. The number of carbonyl (C=O) groups excluding carboxylic acids is 1. The predicted molar refractivity (Wildman–Crippen MR) is 79.3 cm³/mol. The third-order valence-corrected chi connectivity index (χ3v) is 4.00. The van der Waals surface area contributed by atoms with Crippen molar-refractivity contribution < 1.29 is 9.53 Å². The molecule has 0 bridgehead atoms. The molecule has 22 heavy (non-hydrogen) atoms. The monoisotopic (exact) mass is 316 g/mol. The minimum atomic E-state index is -0.702. The van der Waals surface area contributed by atoms with E-state index in [1.807, 2.05) is 6.07 Å². The van der Waals surface area contributed by atoms with E-state index in [4.69, 9.17) is 21.6 Å². The van der Waals surface area contributed by atoms with Gasteiger partial charge in [-0.1, -0.05) is 11.6 Å². The predicted octanol–water partition coefficient (Wildman–Crippen LogP) is 1.98. The van der Waals surface area contributed by atoms with Gasteiger partial charge in [0.25, 0.3) is 5.91 Å². The van der Waals surface area contributed by atoms with Crippen LogP contribution in [0.25, 0.3) is 0 Å². The second kappa shape index (κ2) is 5.79. The molecule has 0 aliphatic carbocycles. The lowest BCUT2D eigenvalue weighted by Gasteiger charge is -2.26. The average Bonchev–Trinajstić information content (AvgIpc) is 3.19. The molecule has 2 heterocycles. The highest BCUT2D eigenvalue weighted by atomic mass is 35.5. The van der Waals surface area contributed by atoms with Gasteiger partial charge >= 0.3 is 0 Å². The number of amides is 1. The van der Waals surface area contributed by atoms with Gasteiger partial charge < -0.3 is 15.0 Å². The Balaban J connectivity index is 1.91. The molecule has 1 amide bonds. The number of halogens is 1. The van der Waals surface area contributed by atoms with E-state index in [-0.39, 0.29) is 11.5 Å². The fourth-order valence-electron chi connectivity index (χ4n) is 2.49. The van der Waals surface area contributed by atoms with Crippen LogP contribution >= 0.6 is 11.6 Å². The summed E-state index contributed by atoms with van der Waals surface area (Å²) in [4.78, 5) is 19.8. The molecule has 0 saturated carbocycles. The van der Waals surface area contributed by atoms with E-state index >= 15 is 0 Å². The van der Waals surface area contributed by atoms with Crippen molar-refractivity contribution in [3.63, 3.8) is 0 Å². The lowest BCUT2D eigenvalue weighted by Crippen LogP contribution is -2.47. The molecule has 1 aliphatic heterocycles. The number of nitrogens with zero attached hydrogens (tertiary/aromatic N) is 2. The lowest BCUT2D eigenvalue weighted by molar-refractivity contribution is 0.0869. The molecule has 1 unspecified atom stereocenters. The van der Waals surface area contributed by atoms with Gasteiger partial charge in [0.2, 0.25) is 0 Å². The third kappa shape index (κ3) is 2.56. The van der Waals surface area contributed by atoms with E-state index in [0.29, 0.717) is 36.0 Å². The number of benzene rings is 1. The SMILES string of the molecule is N#Cc1ccc(Cl)c(C(=O)NC2(c3ncc[nH]3)CCOC2)c1. The molecule has 0 radical (unpaired) electrons. The highest BCUT2D eigenvalue weighted by Crippen LogP contribution is 2.29. The Hall–Kier alpha value is -2.36. The molecule has 1 aliphatic rings. The van der Waals surface area contributed by atoms with Crippen molar-refractivity contribution in [3.05, 3.63) is 52.6 Å². The Bertz CT molecular complexity index is 730. The van der Waals surface area contributed by atoms with Crippen LogP contribution in [0.3, 0.4) is 0 Å². The van der Waals surface area contributed by atoms with Crippen LogP contribution in [0, 0.1) is 11.3 Å². The van der Waals surface area contributed by atoms with Crippen LogP contribution in [-0.2, 0) is 10.3 Å². The number of aromatic nitrogens is 2. The number of nitrogens with one attached hydrogen (secondary N) is 2. The van der Waals surface area contributed by atoms with Crippen LogP contribution in [0.4, 0.5) is 0 Å². The van der Waals surface area contributed by atoms with Gasteiger partial charge in [-0.2, -0.15) is 5.26 Å². The van der Waals surface area contributed by atoms with Crippen LogP contribution in [0.2, 0.25) is 5.02 Å². The van der Waals surface area contributed by atoms with E-state index < -0.39 is 5.54 Å². The third-order valence-electron chi connectivity index (χ3n) is 3.67. The quantitative estimate of drug-likeness (QED) is 0.906. The van der Waals surface area contributed by atoms with E-state index in [2.05, 4.69) is 15.3 Å². The summed E-state index contributed by atoms with van der Waals surface area (Å²) in [5.41, 5.74) is -0.0603. The van der Waals surface area contributed by atoms with Crippen molar-refractivity contribution >= 4 is 17.5 Å². The molecule has 7 heteroatoms. The Morgan fingerprint density at radius 2 is 2.41 bits per heavy atom. The molecule has 1 aromatic heterocycles. The molecule has 3 rings (SSSR count). The molecule has 1 aromatic carbocycles. The normalized spacial score (nSPS) is 20.5. The number of carbonyl (C=O) groups is 1. The number of rotatable bonds is 3. The highest BCUT2D eigenvalue weighted by molar-refractivity contribution is 6.33. The van der Waals surface area contributed by atoms with Crippen molar-refractivity contribution in [2.24, 2.45) is 0 Å². The molecule has 6 nitrogen and oxygen atoms in total. The van der Waals surface area contributed by atoms with Crippen molar-refractivity contribution in [2.75, 3.05) is 13.2 Å².